The summed E-state index contributed by atoms with van der Waals surface area (Å²) in [6, 6.07) is 0. The number of hydrogen-bond acceptors (Lipinski definition) is 1. The van der Waals surface area contributed by atoms with Crippen molar-refractivity contribution in [1.82, 2.24) is 0 Å². The van der Waals surface area contributed by atoms with Crippen molar-refractivity contribution in [2.24, 2.45) is 0 Å². The lowest BCUT2D eigenvalue weighted by molar-refractivity contribution is 0.334. The van der Waals surface area contributed by atoms with Gasteiger partial charge in [-0.2, -0.15) is 0 Å². The first-order valence-corrected chi connectivity index (χ1v) is 8.91. The molecule has 0 heterocycles. The normalized spacial score (nSPS) is 12.1. The minimum Gasteiger partial charge on any atom is -0.406 e. The van der Waals surface area contributed by atoms with Crippen molar-refractivity contribution in [2.45, 2.75) is 51.7 Å². The Balaban J connectivity index is 3.88. The van der Waals surface area contributed by atoms with E-state index in [0.717, 1.165) is 12.8 Å². The van der Waals surface area contributed by atoms with Crippen molar-refractivity contribution in [3.8, 4) is 11.8 Å². The molecule has 0 rings (SSSR count). The fourth-order valence-electron chi connectivity index (χ4n) is 0.728. The SMILES string of the molecule is CC(C)(C)[Si](C)(C)OCC#CCCCCl. The number of halogens is 1. The third-order valence-electron chi connectivity index (χ3n) is 2.87. The van der Waals surface area contributed by atoms with Crippen molar-refractivity contribution in [3.05, 3.63) is 0 Å². The third-order valence-corrected chi connectivity index (χ3v) is 7.62. The molecule has 0 aromatic carbocycles. The Morgan fingerprint density at radius 1 is 1.20 bits per heavy atom. The Kier molecular flexibility index (Phi) is 6.59. The van der Waals surface area contributed by atoms with Gasteiger partial charge in [0.1, 0.15) is 0 Å². The smallest absolute Gasteiger partial charge is 0.193 e. The molecule has 0 aromatic rings. The first-order chi connectivity index (χ1) is 6.81. The zero-order chi connectivity index (χ0) is 11.9. The van der Waals surface area contributed by atoms with Crippen LogP contribution >= 0.6 is 11.6 Å². The lowest BCUT2D eigenvalue weighted by atomic mass is 10.2. The Morgan fingerprint density at radius 3 is 2.27 bits per heavy atom. The number of rotatable bonds is 4. The van der Waals surface area contributed by atoms with E-state index >= 15 is 0 Å². The fourth-order valence-corrected chi connectivity index (χ4v) is 1.73. The Morgan fingerprint density at radius 2 is 1.80 bits per heavy atom. The van der Waals surface area contributed by atoms with Crippen LogP contribution in [0, 0.1) is 11.8 Å². The highest BCUT2D eigenvalue weighted by molar-refractivity contribution is 6.74. The molecule has 0 N–H and O–H groups in total. The number of hydrogen-bond donors (Lipinski definition) is 0. The van der Waals surface area contributed by atoms with E-state index in [0.29, 0.717) is 12.5 Å². The zero-order valence-electron chi connectivity index (χ0n) is 10.6. The molecule has 0 fully saturated rings. The van der Waals surface area contributed by atoms with E-state index in [2.05, 4.69) is 45.7 Å². The molecule has 0 aliphatic carbocycles. The van der Waals surface area contributed by atoms with Crippen LogP contribution in [0.1, 0.15) is 33.6 Å². The van der Waals surface area contributed by atoms with Crippen LogP contribution in [0.3, 0.4) is 0 Å². The van der Waals surface area contributed by atoms with Gasteiger partial charge in [-0.15, -0.1) is 17.5 Å². The summed E-state index contributed by atoms with van der Waals surface area (Å²) in [6.45, 7) is 11.8. The van der Waals surface area contributed by atoms with Gasteiger partial charge in [0, 0.05) is 12.3 Å². The third kappa shape index (κ3) is 6.24. The van der Waals surface area contributed by atoms with Crippen LogP contribution in [-0.2, 0) is 4.43 Å². The van der Waals surface area contributed by atoms with Gasteiger partial charge in [0.15, 0.2) is 8.32 Å². The van der Waals surface area contributed by atoms with E-state index in [1.165, 1.54) is 0 Å². The van der Waals surface area contributed by atoms with E-state index < -0.39 is 8.32 Å². The van der Waals surface area contributed by atoms with Crippen molar-refractivity contribution in [2.75, 3.05) is 12.5 Å². The predicted molar refractivity (Wildman–Crippen MR) is 70.9 cm³/mol. The van der Waals surface area contributed by atoms with Crippen molar-refractivity contribution in [3.63, 3.8) is 0 Å². The highest BCUT2D eigenvalue weighted by atomic mass is 35.5. The van der Waals surface area contributed by atoms with E-state index in [4.69, 9.17) is 16.0 Å². The van der Waals surface area contributed by atoms with Gasteiger partial charge >= 0.3 is 0 Å². The largest absolute Gasteiger partial charge is 0.406 e. The molecule has 0 unspecified atom stereocenters. The Labute approximate surface area is 101 Å². The molecule has 0 saturated heterocycles. The molecule has 15 heavy (non-hydrogen) atoms. The molecule has 1 nitrogen and oxygen atoms in total. The molecule has 0 amide bonds. The zero-order valence-corrected chi connectivity index (χ0v) is 12.4. The maximum absolute atomic E-state index is 5.91. The van der Waals surface area contributed by atoms with E-state index in [9.17, 15) is 0 Å². The summed E-state index contributed by atoms with van der Waals surface area (Å²) in [5.74, 6) is 6.82. The summed E-state index contributed by atoms with van der Waals surface area (Å²) in [7, 11) is -1.60. The summed E-state index contributed by atoms with van der Waals surface area (Å²) < 4.78 is 5.91. The summed E-state index contributed by atoms with van der Waals surface area (Å²) in [6.07, 6.45) is 1.85. The standard InChI is InChI=1S/C12H23ClOSi/c1-12(2,3)15(4,5)14-11-9-7-6-8-10-13/h6,8,10-11H2,1-5H3. The highest BCUT2D eigenvalue weighted by Crippen LogP contribution is 2.36. The van der Waals surface area contributed by atoms with Crippen LogP contribution in [0.4, 0.5) is 0 Å². The van der Waals surface area contributed by atoms with E-state index in [1.54, 1.807) is 0 Å². The van der Waals surface area contributed by atoms with Crippen LogP contribution in [-0.4, -0.2) is 20.8 Å². The first kappa shape index (κ1) is 15.0. The molecule has 0 saturated carbocycles. The minimum atomic E-state index is -1.60. The molecule has 0 spiro atoms. The predicted octanol–water partition coefficient (Wildman–Crippen LogP) is 4.03. The second-order valence-corrected chi connectivity index (χ2v) is 10.4. The average Bonchev–Trinajstić information content (AvgIpc) is 2.09. The van der Waals surface area contributed by atoms with Crippen LogP contribution in [0.2, 0.25) is 18.1 Å². The molecular formula is C12H23ClOSi. The van der Waals surface area contributed by atoms with Gasteiger partial charge in [-0.05, 0) is 24.6 Å². The van der Waals surface area contributed by atoms with E-state index in [-0.39, 0.29) is 5.04 Å². The number of unbranched alkanes of at least 4 members (excludes halogenated alkanes) is 1. The van der Waals surface area contributed by atoms with Crippen molar-refractivity contribution in [1.29, 1.82) is 0 Å². The molecule has 0 radical (unpaired) electrons. The average molecular weight is 247 g/mol. The maximum Gasteiger partial charge on any atom is 0.193 e. The van der Waals surface area contributed by atoms with Gasteiger partial charge in [0.2, 0.25) is 0 Å². The quantitative estimate of drug-likeness (QED) is 0.315. The Bertz CT molecular complexity index is 232. The molecular weight excluding hydrogens is 224 g/mol. The maximum atomic E-state index is 5.91. The molecule has 0 aromatic heterocycles. The van der Waals surface area contributed by atoms with E-state index in [1.807, 2.05) is 0 Å². The van der Waals surface area contributed by atoms with Crippen LogP contribution in [0.5, 0.6) is 0 Å². The van der Waals surface area contributed by atoms with Crippen molar-refractivity contribution < 1.29 is 4.43 Å². The summed E-state index contributed by atoms with van der Waals surface area (Å²) in [4.78, 5) is 0. The molecule has 0 aliphatic heterocycles. The second kappa shape index (κ2) is 6.58. The van der Waals surface area contributed by atoms with Crippen LogP contribution < -0.4 is 0 Å². The highest BCUT2D eigenvalue weighted by Gasteiger charge is 2.36. The molecule has 0 atom stereocenters. The number of alkyl halides is 1. The monoisotopic (exact) mass is 246 g/mol. The summed E-state index contributed by atoms with van der Waals surface area (Å²) >= 11 is 5.55. The van der Waals surface area contributed by atoms with Crippen LogP contribution in [0.25, 0.3) is 0 Å². The van der Waals surface area contributed by atoms with Crippen molar-refractivity contribution >= 4 is 19.9 Å². The first-order valence-electron chi connectivity index (χ1n) is 5.47. The van der Waals surface area contributed by atoms with Gasteiger partial charge in [-0.1, -0.05) is 26.7 Å². The Hall–Kier alpha value is 0.0269. The summed E-state index contributed by atoms with van der Waals surface area (Å²) in [5, 5.41) is 0.269. The second-order valence-electron chi connectivity index (χ2n) is 5.20. The lowest BCUT2D eigenvalue weighted by Crippen LogP contribution is -2.40. The molecule has 0 bridgehead atoms. The van der Waals surface area contributed by atoms with Gasteiger partial charge in [0.05, 0.1) is 6.61 Å². The summed E-state index contributed by atoms with van der Waals surface area (Å²) in [5.41, 5.74) is 0. The molecule has 0 aliphatic rings. The van der Waals surface area contributed by atoms with Crippen LogP contribution in [0.15, 0.2) is 0 Å². The van der Waals surface area contributed by atoms with Gasteiger partial charge < -0.3 is 4.43 Å². The van der Waals surface area contributed by atoms with Gasteiger partial charge in [0.25, 0.3) is 0 Å². The topological polar surface area (TPSA) is 9.23 Å². The van der Waals surface area contributed by atoms with Gasteiger partial charge in [-0.3, -0.25) is 0 Å². The minimum absolute atomic E-state index is 0.269. The molecule has 88 valence electrons. The fraction of sp³-hybridized carbons (Fsp3) is 0.833. The molecule has 3 heteroatoms. The lowest BCUT2D eigenvalue weighted by Gasteiger charge is -2.35. The van der Waals surface area contributed by atoms with Gasteiger partial charge in [-0.25, -0.2) is 0 Å².